The van der Waals surface area contributed by atoms with Gasteiger partial charge < -0.3 is 5.32 Å². The first-order chi connectivity index (χ1) is 10.7. The molecule has 1 fully saturated rings. The second-order valence-electron chi connectivity index (χ2n) is 5.66. The average Bonchev–Trinajstić information content (AvgIpc) is 3.29. The third-order valence-corrected chi connectivity index (χ3v) is 3.96. The van der Waals surface area contributed by atoms with Gasteiger partial charge in [-0.1, -0.05) is 0 Å². The average molecular weight is 296 g/mol. The van der Waals surface area contributed by atoms with E-state index in [2.05, 4.69) is 15.5 Å². The Bertz CT molecular complexity index is 850. The fraction of sp³-hybridized carbons (Fsp3) is 0.176. The number of benzene rings is 2. The van der Waals surface area contributed by atoms with Crippen molar-refractivity contribution in [2.45, 2.75) is 12.8 Å². The summed E-state index contributed by atoms with van der Waals surface area (Å²) in [5.74, 6) is -0.00627. The highest BCUT2D eigenvalue weighted by Crippen LogP contribution is 2.31. The van der Waals surface area contributed by atoms with E-state index in [-0.39, 0.29) is 17.6 Å². The number of aromatic amines is 2. The molecule has 0 radical (unpaired) electrons. The second kappa shape index (κ2) is 4.94. The van der Waals surface area contributed by atoms with Crippen LogP contribution in [0.15, 0.2) is 42.5 Å². The van der Waals surface area contributed by atoms with Crippen LogP contribution >= 0.6 is 0 Å². The van der Waals surface area contributed by atoms with Gasteiger partial charge in [-0.25, -0.2) is 4.39 Å². The van der Waals surface area contributed by atoms with Crippen LogP contribution in [0, 0.1) is 11.7 Å². The summed E-state index contributed by atoms with van der Waals surface area (Å²) in [6.07, 6.45) is 1.96. The molecule has 0 saturated heterocycles. The number of fused-ring (bicyclic) bond motifs is 1. The van der Waals surface area contributed by atoms with Crippen molar-refractivity contribution in [2.75, 3.05) is 5.32 Å². The third kappa shape index (κ3) is 2.35. The Kier molecular flexibility index (Phi) is 2.92. The van der Waals surface area contributed by atoms with E-state index in [1.807, 2.05) is 18.2 Å². The molecule has 3 aromatic rings. The van der Waals surface area contributed by atoms with E-state index in [0.29, 0.717) is 0 Å². The maximum Gasteiger partial charge on any atom is 0.243 e. The Labute approximate surface area is 126 Å². The van der Waals surface area contributed by atoms with Gasteiger partial charge in [-0.05, 0) is 55.3 Å². The van der Waals surface area contributed by atoms with Crippen LogP contribution in [0.2, 0.25) is 0 Å². The van der Waals surface area contributed by atoms with Crippen LogP contribution in [0.3, 0.4) is 0 Å². The van der Waals surface area contributed by atoms with Crippen LogP contribution in [-0.4, -0.2) is 11.0 Å². The molecule has 1 heterocycles. The largest absolute Gasteiger partial charge is 0.326 e. The lowest BCUT2D eigenvalue weighted by Gasteiger charge is -2.03. The molecule has 1 amide bonds. The summed E-state index contributed by atoms with van der Waals surface area (Å²) >= 11 is 0. The molecule has 4 rings (SSSR count). The number of carbonyl (C=O) groups is 1. The van der Waals surface area contributed by atoms with Gasteiger partial charge in [0.05, 0.1) is 5.39 Å². The van der Waals surface area contributed by atoms with Gasteiger partial charge in [0.25, 0.3) is 0 Å². The minimum absolute atomic E-state index is 0.0854. The summed E-state index contributed by atoms with van der Waals surface area (Å²) < 4.78 is 13.1. The number of nitrogens with one attached hydrogen (secondary N) is 3. The van der Waals surface area contributed by atoms with E-state index in [4.69, 9.17) is 0 Å². The van der Waals surface area contributed by atoms with Crippen LogP contribution < -0.4 is 10.4 Å². The molecule has 3 N–H and O–H groups in total. The van der Waals surface area contributed by atoms with E-state index < -0.39 is 0 Å². The summed E-state index contributed by atoms with van der Waals surface area (Å²) in [6, 6.07) is 12.0. The monoisotopic (exact) mass is 296 g/mol. The zero-order valence-electron chi connectivity index (χ0n) is 11.8. The minimum Gasteiger partial charge on any atom is -0.326 e. The first kappa shape index (κ1) is 13.0. The number of aromatic nitrogens is 2. The molecule has 1 aliphatic rings. The van der Waals surface area contributed by atoms with Gasteiger partial charge in [-0.2, -0.15) is 5.10 Å². The molecule has 4 nitrogen and oxygen atoms in total. The predicted octanol–water partition coefficient (Wildman–Crippen LogP) is 3.14. The quantitative estimate of drug-likeness (QED) is 0.766. The van der Waals surface area contributed by atoms with Gasteiger partial charge in [0, 0.05) is 17.2 Å². The summed E-state index contributed by atoms with van der Waals surface area (Å²) in [5, 5.41) is 10.1. The molecule has 1 aromatic heterocycles. The Balaban J connectivity index is 1.72. The molecule has 0 atom stereocenters. The van der Waals surface area contributed by atoms with Gasteiger partial charge in [0.2, 0.25) is 11.6 Å². The van der Waals surface area contributed by atoms with Gasteiger partial charge in [0.1, 0.15) is 11.3 Å². The Hall–Kier alpha value is -2.69. The fourth-order valence-corrected chi connectivity index (χ4v) is 2.57. The minimum atomic E-state index is -0.263. The number of carbonyl (C=O) groups excluding carboxylic acids is 1. The molecule has 0 unspecified atom stereocenters. The molecule has 22 heavy (non-hydrogen) atoms. The molecule has 2 aromatic carbocycles. The molecule has 5 heteroatoms. The van der Waals surface area contributed by atoms with Gasteiger partial charge in [-0.3, -0.25) is 4.79 Å². The van der Waals surface area contributed by atoms with Gasteiger partial charge >= 0.3 is 0 Å². The highest BCUT2D eigenvalue weighted by molar-refractivity contribution is 5.98. The van der Waals surface area contributed by atoms with Crippen molar-refractivity contribution in [3.05, 3.63) is 48.3 Å². The number of anilines is 1. The summed E-state index contributed by atoms with van der Waals surface area (Å²) in [7, 11) is 0. The summed E-state index contributed by atoms with van der Waals surface area (Å²) in [5.41, 5.74) is 3.47. The fourth-order valence-electron chi connectivity index (χ4n) is 2.57. The Morgan fingerprint density at radius 3 is 2.68 bits per heavy atom. The van der Waals surface area contributed by atoms with E-state index in [0.717, 1.165) is 40.7 Å². The van der Waals surface area contributed by atoms with E-state index in [1.54, 1.807) is 12.1 Å². The summed E-state index contributed by atoms with van der Waals surface area (Å²) in [6.45, 7) is 0. The highest BCUT2D eigenvalue weighted by Gasteiger charge is 2.29. The first-order valence-corrected chi connectivity index (χ1v) is 7.31. The normalized spacial score (nSPS) is 14.2. The van der Waals surface area contributed by atoms with Crippen LogP contribution in [0.4, 0.5) is 10.1 Å². The van der Waals surface area contributed by atoms with Crippen molar-refractivity contribution in [3.63, 3.8) is 0 Å². The SMILES string of the molecule is O=C(Nc1ccc2[nH][nH+]c(-c3ccc(F)cc3)c2c1)C1CC1. The molecule has 0 aliphatic heterocycles. The topological polar surface area (TPSA) is 59.0 Å². The third-order valence-electron chi connectivity index (χ3n) is 3.96. The van der Waals surface area contributed by atoms with Crippen molar-refractivity contribution in [1.29, 1.82) is 0 Å². The number of hydrogen-bond donors (Lipinski definition) is 2. The zero-order valence-corrected chi connectivity index (χ0v) is 11.8. The van der Waals surface area contributed by atoms with Crippen molar-refractivity contribution < 1.29 is 14.3 Å². The Morgan fingerprint density at radius 2 is 1.95 bits per heavy atom. The zero-order chi connectivity index (χ0) is 15.1. The second-order valence-corrected chi connectivity index (χ2v) is 5.66. The standard InChI is InChI=1S/C17H14FN3O/c18-12-5-3-10(4-6-12)16-14-9-13(7-8-15(14)20-21-16)19-17(22)11-1-2-11/h3-9,11H,1-2H2,(H,19,22)(H,20,21)/p+1. The lowest BCUT2D eigenvalue weighted by atomic mass is 10.1. The lowest BCUT2D eigenvalue weighted by molar-refractivity contribution is -0.434. The molecular formula is C17H15FN3O+. The van der Waals surface area contributed by atoms with Crippen LogP contribution in [0.5, 0.6) is 0 Å². The summed E-state index contributed by atoms with van der Waals surface area (Å²) in [4.78, 5) is 11.9. The maximum atomic E-state index is 13.1. The Morgan fingerprint density at radius 1 is 1.18 bits per heavy atom. The van der Waals surface area contributed by atoms with Crippen molar-refractivity contribution in [1.82, 2.24) is 5.10 Å². The predicted molar refractivity (Wildman–Crippen MR) is 81.6 cm³/mol. The van der Waals surface area contributed by atoms with Crippen LogP contribution in [0.25, 0.3) is 22.2 Å². The number of H-pyrrole nitrogens is 2. The van der Waals surface area contributed by atoms with Gasteiger partial charge in [-0.15, -0.1) is 5.10 Å². The number of halogens is 1. The van der Waals surface area contributed by atoms with Crippen molar-refractivity contribution >= 4 is 22.5 Å². The van der Waals surface area contributed by atoms with Crippen LogP contribution in [0.1, 0.15) is 12.8 Å². The number of hydrogen-bond acceptors (Lipinski definition) is 1. The lowest BCUT2D eigenvalue weighted by Crippen LogP contribution is -2.13. The maximum absolute atomic E-state index is 13.1. The number of amides is 1. The van der Waals surface area contributed by atoms with Crippen molar-refractivity contribution in [3.8, 4) is 11.3 Å². The van der Waals surface area contributed by atoms with E-state index in [1.165, 1.54) is 12.1 Å². The van der Waals surface area contributed by atoms with Gasteiger partial charge in [0.15, 0.2) is 0 Å². The van der Waals surface area contributed by atoms with E-state index >= 15 is 0 Å². The van der Waals surface area contributed by atoms with Crippen molar-refractivity contribution in [2.24, 2.45) is 5.92 Å². The first-order valence-electron chi connectivity index (χ1n) is 7.31. The van der Waals surface area contributed by atoms with Crippen LogP contribution in [-0.2, 0) is 4.79 Å². The molecular weight excluding hydrogens is 281 g/mol. The molecule has 110 valence electrons. The highest BCUT2D eigenvalue weighted by atomic mass is 19.1. The molecule has 1 aliphatic carbocycles. The smallest absolute Gasteiger partial charge is 0.243 e. The van der Waals surface area contributed by atoms with E-state index in [9.17, 15) is 9.18 Å². The molecule has 0 spiro atoms. The molecule has 1 saturated carbocycles. The molecule has 0 bridgehead atoms. The number of rotatable bonds is 3.